The summed E-state index contributed by atoms with van der Waals surface area (Å²) in [5.41, 5.74) is 5.67. The minimum Gasteiger partial charge on any atom is -0.467 e. The molecule has 4 aliphatic heterocycles. The maximum atomic E-state index is 12.8. The second-order valence-corrected chi connectivity index (χ2v) is 12.9. The molecule has 49 heavy (non-hydrogen) atoms. The third-order valence-electron chi connectivity index (χ3n) is 9.51. The third-order valence-corrected chi connectivity index (χ3v) is 9.51. The molecule has 264 valence electrons. The normalized spacial score (nSPS) is 18.3. The van der Waals surface area contributed by atoms with E-state index < -0.39 is 0 Å². The van der Waals surface area contributed by atoms with Gasteiger partial charge in [0.1, 0.15) is 5.82 Å². The molecule has 0 unspecified atom stereocenters. The number of carbonyl (C=O) groups excluding carboxylic acids is 1. The maximum absolute atomic E-state index is 12.8. The number of fused-ring (bicyclic) bond motifs is 1. The molecule has 3 fully saturated rings. The molecule has 4 aliphatic rings. The highest BCUT2D eigenvalue weighted by Crippen LogP contribution is 2.34. The Kier molecular flexibility index (Phi) is 15.1. The van der Waals surface area contributed by atoms with Crippen molar-refractivity contribution in [3.05, 3.63) is 65.4 Å². The van der Waals surface area contributed by atoms with Crippen molar-refractivity contribution in [1.82, 2.24) is 24.7 Å². The van der Waals surface area contributed by atoms with Gasteiger partial charge in [-0.1, -0.05) is 49.4 Å². The summed E-state index contributed by atoms with van der Waals surface area (Å²) in [5, 5.41) is 7.32. The summed E-state index contributed by atoms with van der Waals surface area (Å²) in [6, 6.07) is 8.50. The number of benzene rings is 1. The van der Waals surface area contributed by atoms with Gasteiger partial charge < -0.3 is 24.3 Å². The number of piperazine rings is 1. The predicted molar refractivity (Wildman–Crippen MR) is 201 cm³/mol. The Hall–Kier alpha value is -4.20. The molecule has 0 saturated carbocycles. The number of nitriles is 1. The van der Waals surface area contributed by atoms with E-state index in [1.165, 1.54) is 68.9 Å². The zero-order chi connectivity index (χ0) is 35.0. The fraction of sp³-hybridized carbons (Fsp3) is 0.538. The molecule has 0 bridgehead atoms. The highest BCUT2D eigenvalue weighted by atomic mass is 16.5. The Morgan fingerprint density at radius 2 is 1.67 bits per heavy atom. The third kappa shape index (κ3) is 10.6. The van der Waals surface area contributed by atoms with E-state index in [-0.39, 0.29) is 5.91 Å². The van der Waals surface area contributed by atoms with Crippen LogP contribution in [0.2, 0.25) is 0 Å². The first kappa shape index (κ1) is 37.6. The molecule has 6 rings (SSSR count). The number of piperidine rings is 1. The summed E-state index contributed by atoms with van der Waals surface area (Å²) in [7, 11) is 3.80. The van der Waals surface area contributed by atoms with Crippen molar-refractivity contribution in [3.8, 4) is 12.1 Å². The fourth-order valence-electron chi connectivity index (χ4n) is 6.88. The van der Waals surface area contributed by atoms with Crippen LogP contribution in [0.3, 0.4) is 0 Å². The van der Waals surface area contributed by atoms with Crippen molar-refractivity contribution in [2.75, 3.05) is 89.4 Å². The van der Waals surface area contributed by atoms with Gasteiger partial charge in [0.15, 0.2) is 0 Å². The maximum Gasteiger partial charge on any atom is 0.318 e. The SMILES string of the molecule is C=Cc1cccc(N2CCc3c(nc(OC)nc3N3CCN(C(=O)/C=C/CN4CCCCC4)CC3)C2)c1/C=C\C.CC#N.CN1CCCC1. The van der Waals surface area contributed by atoms with Crippen LogP contribution in [0.15, 0.2) is 43.0 Å². The summed E-state index contributed by atoms with van der Waals surface area (Å²) in [5.74, 6) is 1.05. The molecule has 10 nitrogen and oxygen atoms in total. The average Bonchev–Trinajstić information content (AvgIpc) is 3.63. The van der Waals surface area contributed by atoms with Gasteiger partial charge in [-0.05, 0) is 83.9 Å². The second-order valence-electron chi connectivity index (χ2n) is 12.9. The van der Waals surface area contributed by atoms with Gasteiger partial charge in [-0.2, -0.15) is 15.2 Å². The number of carbonyl (C=O) groups is 1. The van der Waals surface area contributed by atoms with E-state index in [1.54, 1.807) is 19.3 Å². The first-order chi connectivity index (χ1) is 23.9. The molecular weight excluding hydrogens is 612 g/mol. The van der Waals surface area contributed by atoms with Crippen molar-refractivity contribution >= 4 is 29.6 Å². The number of amides is 1. The van der Waals surface area contributed by atoms with Gasteiger partial charge in [0.2, 0.25) is 5.91 Å². The zero-order valence-corrected chi connectivity index (χ0v) is 30.2. The van der Waals surface area contributed by atoms with Crippen molar-refractivity contribution in [1.29, 1.82) is 5.26 Å². The van der Waals surface area contributed by atoms with E-state index in [1.807, 2.05) is 24.0 Å². The molecule has 0 aliphatic carbocycles. The summed E-state index contributed by atoms with van der Waals surface area (Å²) < 4.78 is 5.54. The second kappa shape index (κ2) is 19.7. The van der Waals surface area contributed by atoms with Gasteiger partial charge in [0.05, 0.1) is 25.4 Å². The lowest BCUT2D eigenvalue weighted by Crippen LogP contribution is -2.49. The highest BCUT2D eigenvalue weighted by molar-refractivity contribution is 5.87. The lowest BCUT2D eigenvalue weighted by molar-refractivity contribution is -0.126. The average molecular weight is 669 g/mol. The fourth-order valence-corrected chi connectivity index (χ4v) is 6.88. The molecule has 10 heteroatoms. The number of hydrogen-bond donors (Lipinski definition) is 0. The lowest BCUT2D eigenvalue weighted by atomic mass is 10.00. The van der Waals surface area contributed by atoms with Crippen LogP contribution >= 0.6 is 0 Å². The standard InChI is InChI=1S/C32H42N6O2.C5H11N.C2H3N/c1-4-11-26-25(5-2)12-9-13-29(26)38-19-15-27-28(24-38)33-32(40-3)34-31(27)37-22-20-36(21-23-37)30(39)14-10-18-35-16-7-6-8-17-35;1-6-4-2-3-5-6;1-2-3/h4-5,9-14H,2,6-8,15-24H2,1,3H3;2-5H2,1H3;1H3/b11-4-,14-10+;;. The Morgan fingerprint density at radius 1 is 0.980 bits per heavy atom. The number of methoxy groups -OCH3 is 1. The number of nitrogens with zero attached hydrogens (tertiary/aromatic N) is 8. The number of rotatable bonds is 8. The summed E-state index contributed by atoms with van der Waals surface area (Å²) in [4.78, 5) is 33.8. The van der Waals surface area contributed by atoms with Crippen LogP contribution < -0.4 is 14.5 Å². The molecule has 0 N–H and O–H groups in total. The molecule has 3 saturated heterocycles. The first-order valence-corrected chi connectivity index (χ1v) is 17.9. The highest BCUT2D eigenvalue weighted by Gasteiger charge is 2.29. The van der Waals surface area contributed by atoms with Crippen LogP contribution in [0.25, 0.3) is 12.2 Å². The van der Waals surface area contributed by atoms with Gasteiger partial charge in [0, 0.05) is 69.1 Å². The number of likely N-dealkylation sites (tertiary alicyclic amines) is 2. The Morgan fingerprint density at radius 3 is 2.29 bits per heavy atom. The Bertz CT molecular complexity index is 1460. The number of ether oxygens (including phenoxy) is 1. The summed E-state index contributed by atoms with van der Waals surface area (Å²) in [6.45, 7) is 17.7. The lowest BCUT2D eigenvalue weighted by Gasteiger charge is -2.38. The van der Waals surface area contributed by atoms with Crippen LogP contribution in [0.5, 0.6) is 6.01 Å². The Balaban J connectivity index is 0.000000527. The van der Waals surface area contributed by atoms with Gasteiger partial charge in [-0.3, -0.25) is 9.69 Å². The number of anilines is 2. The molecule has 5 heterocycles. The number of hydrogen-bond acceptors (Lipinski definition) is 9. The predicted octanol–water partition coefficient (Wildman–Crippen LogP) is 5.66. The molecule has 1 amide bonds. The van der Waals surface area contributed by atoms with Crippen molar-refractivity contribution in [3.63, 3.8) is 0 Å². The molecule has 2 aromatic rings. The van der Waals surface area contributed by atoms with Crippen LogP contribution in [0, 0.1) is 11.3 Å². The van der Waals surface area contributed by atoms with Gasteiger partial charge in [-0.15, -0.1) is 0 Å². The van der Waals surface area contributed by atoms with Crippen LogP contribution in [0.1, 0.15) is 68.3 Å². The van der Waals surface area contributed by atoms with Crippen LogP contribution in [-0.2, 0) is 17.8 Å². The molecule has 0 spiro atoms. The Labute approximate surface area is 294 Å². The van der Waals surface area contributed by atoms with E-state index in [2.05, 4.69) is 63.6 Å². The van der Waals surface area contributed by atoms with E-state index >= 15 is 0 Å². The molecule has 0 atom stereocenters. The quantitative estimate of drug-likeness (QED) is 0.331. The van der Waals surface area contributed by atoms with Crippen molar-refractivity contribution in [2.45, 2.75) is 58.9 Å². The molecule has 1 aromatic carbocycles. The largest absolute Gasteiger partial charge is 0.467 e. The van der Waals surface area contributed by atoms with Crippen LogP contribution in [-0.4, -0.2) is 110 Å². The van der Waals surface area contributed by atoms with Crippen molar-refractivity contribution < 1.29 is 9.53 Å². The van der Waals surface area contributed by atoms with Gasteiger partial charge in [-0.25, -0.2) is 0 Å². The van der Waals surface area contributed by atoms with Gasteiger partial charge >= 0.3 is 6.01 Å². The minimum absolute atomic E-state index is 0.105. The molecule has 0 radical (unpaired) electrons. The van der Waals surface area contributed by atoms with Gasteiger partial charge in [0.25, 0.3) is 0 Å². The summed E-state index contributed by atoms with van der Waals surface area (Å²) in [6.07, 6.45) is 17.5. The van der Waals surface area contributed by atoms with Crippen LogP contribution in [0.4, 0.5) is 11.5 Å². The molecular formula is C39H56N8O2. The smallest absolute Gasteiger partial charge is 0.318 e. The van der Waals surface area contributed by atoms with E-state index in [0.29, 0.717) is 25.6 Å². The number of aromatic nitrogens is 2. The topological polar surface area (TPSA) is 92.1 Å². The van der Waals surface area contributed by atoms with E-state index in [4.69, 9.17) is 20.0 Å². The first-order valence-electron chi connectivity index (χ1n) is 17.9. The zero-order valence-electron chi connectivity index (χ0n) is 30.2. The summed E-state index contributed by atoms with van der Waals surface area (Å²) >= 11 is 0. The van der Waals surface area contributed by atoms with E-state index in [0.717, 1.165) is 62.8 Å². The number of allylic oxidation sites excluding steroid dienone is 1. The monoisotopic (exact) mass is 668 g/mol. The molecule has 1 aromatic heterocycles. The minimum atomic E-state index is 0.105. The van der Waals surface area contributed by atoms with E-state index in [9.17, 15) is 4.79 Å². The van der Waals surface area contributed by atoms with Crippen molar-refractivity contribution in [2.24, 2.45) is 0 Å².